The Bertz CT molecular complexity index is 328. The van der Waals surface area contributed by atoms with Crippen molar-refractivity contribution in [2.45, 2.75) is 44.6 Å². The van der Waals surface area contributed by atoms with E-state index in [0.717, 1.165) is 32.1 Å². The van der Waals surface area contributed by atoms with Crippen molar-refractivity contribution in [1.82, 2.24) is 5.32 Å². The predicted molar refractivity (Wildman–Crippen MR) is 73.5 cm³/mol. The number of carbonyl (C=O) groups excluding carboxylic acids is 1. The van der Waals surface area contributed by atoms with Gasteiger partial charge >= 0.3 is 0 Å². The first-order valence-electron chi connectivity index (χ1n) is 7.86. The quantitative estimate of drug-likeness (QED) is 0.683. The van der Waals surface area contributed by atoms with E-state index in [4.69, 9.17) is 10.5 Å². The lowest BCUT2D eigenvalue weighted by atomic mass is 9.84. The fourth-order valence-electron chi connectivity index (χ4n) is 3.76. The number of hydrogen-bond donors (Lipinski definition) is 2. The van der Waals surface area contributed by atoms with Gasteiger partial charge in [0.05, 0.1) is 5.92 Å². The maximum absolute atomic E-state index is 12.2. The van der Waals surface area contributed by atoms with E-state index >= 15 is 0 Å². The number of nitrogens with two attached hydrogens (primary N) is 1. The van der Waals surface area contributed by atoms with Crippen LogP contribution in [0.5, 0.6) is 0 Å². The Hall–Kier alpha value is -0.610. The van der Waals surface area contributed by atoms with Crippen LogP contribution >= 0.6 is 0 Å². The van der Waals surface area contributed by atoms with Crippen molar-refractivity contribution in [3.05, 3.63) is 0 Å². The van der Waals surface area contributed by atoms with Crippen LogP contribution in [0.3, 0.4) is 0 Å². The summed E-state index contributed by atoms with van der Waals surface area (Å²) in [6.45, 7) is 2.40. The first kappa shape index (κ1) is 13.4. The van der Waals surface area contributed by atoms with Crippen LogP contribution in [0.4, 0.5) is 0 Å². The second-order valence-electron chi connectivity index (χ2n) is 6.60. The molecule has 0 saturated heterocycles. The van der Waals surface area contributed by atoms with Gasteiger partial charge in [0.15, 0.2) is 0 Å². The number of nitrogens with one attached hydrogen (secondary N) is 1. The molecular weight excluding hydrogens is 240 g/mol. The minimum absolute atomic E-state index is 0.0751. The van der Waals surface area contributed by atoms with Crippen molar-refractivity contribution in [2.24, 2.45) is 29.4 Å². The predicted octanol–water partition coefficient (Wildman–Crippen LogP) is 1.29. The monoisotopic (exact) mass is 266 g/mol. The smallest absolute Gasteiger partial charge is 0.224 e. The molecule has 1 amide bonds. The summed E-state index contributed by atoms with van der Waals surface area (Å²) in [5, 5.41) is 3.04. The third-order valence-corrected chi connectivity index (χ3v) is 5.10. The molecule has 4 unspecified atom stereocenters. The first-order chi connectivity index (χ1) is 9.25. The Balaban J connectivity index is 1.30. The zero-order valence-corrected chi connectivity index (χ0v) is 11.6. The average molecular weight is 266 g/mol. The molecule has 0 aromatic heterocycles. The summed E-state index contributed by atoms with van der Waals surface area (Å²) in [6, 6.07) is 0.102. The Morgan fingerprint density at radius 1 is 1.21 bits per heavy atom. The van der Waals surface area contributed by atoms with Crippen molar-refractivity contribution in [1.29, 1.82) is 0 Å². The molecular formula is C15H26N2O2. The largest absolute Gasteiger partial charge is 0.381 e. The minimum atomic E-state index is 0.0751. The molecule has 0 heterocycles. The lowest BCUT2D eigenvalue weighted by Gasteiger charge is -2.27. The zero-order valence-electron chi connectivity index (χ0n) is 11.6. The van der Waals surface area contributed by atoms with Gasteiger partial charge in [-0.05, 0) is 56.3 Å². The van der Waals surface area contributed by atoms with Gasteiger partial charge < -0.3 is 15.8 Å². The number of carbonyl (C=O) groups is 1. The molecule has 0 spiro atoms. The highest BCUT2D eigenvalue weighted by atomic mass is 16.5. The van der Waals surface area contributed by atoms with Crippen molar-refractivity contribution >= 4 is 5.91 Å². The molecule has 0 aromatic carbocycles. The van der Waals surface area contributed by atoms with E-state index < -0.39 is 0 Å². The fourth-order valence-corrected chi connectivity index (χ4v) is 3.76. The Labute approximate surface area is 115 Å². The summed E-state index contributed by atoms with van der Waals surface area (Å²) in [4.78, 5) is 12.2. The Kier molecular flexibility index (Phi) is 4.08. The van der Waals surface area contributed by atoms with Gasteiger partial charge in [0.25, 0.3) is 0 Å². The zero-order chi connectivity index (χ0) is 13.2. The molecule has 4 atom stereocenters. The van der Waals surface area contributed by atoms with Crippen LogP contribution in [-0.2, 0) is 9.53 Å². The maximum Gasteiger partial charge on any atom is 0.224 e. The van der Waals surface area contributed by atoms with Crippen LogP contribution < -0.4 is 11.1 Å². The summed E-state index contributed by atoms with van der Waals surface area (Å²) < 4.78 is 5.56. The summed E-state index contributed by atoms with van der Waals surface area (Å²) in [5.41, 5.74) is 6.17. The fraction of sp³-hybridized carbons (Fsp3) is 0.933. The van der Waals surface area contributed by atoms with Gasteiger partial charge in [0.1, 0.15) is 0 Å². The Morgan fingerprint density at radius 3 is 2.68 bits per heavy atom. The molecule has 19 heavy (non-hydrogen) atoms. The summed E-state index contributed by atoms with van der Waals surface area (Å²) in [7, 11) is 0. The number of amides is 1. The van der Waals surface area contributed by atoms with Gasteiger partial charge in [-0.3, -0.25) is 4.79 Å². The number of hydrogen-bond acceptors (Lipinski definition) is 3. The molecule has 0 radical (unpaired) electrons. The van der Waals surface area contributed by atoms with Crippen molar-refractivity contribution in [3.8, 4) is 0 Å². The molecule has 4 nitrogen and oxygen atoms in total. The highest BCUT2D eigenvalue weighted by Crippen LogP contribution is 2.47. The van der Waals surface area contributed by atoms with Crippen LogP contribution in [0.2, 0.25) is 0 Å². The molecule has 0 aliphatic heterocycles. The van der Waals surface area contributed by atoms with Crippen molar-refractivity contribution in [3.63, 3.8) is 0 Å². The van der Waals surface area contributed by atoms with Gasteiger partial charge in [-0.1, -0.05) is 0 Å². The topological polar surface area (TPSA) is 64.4 Å². The average Bonchev–Trinajstić information content (AvgIpc) is 3.01. The van der Waals surface area contributed by atoms with Crippen LogP contribution in [-0.4, -0.2) is 31.7 Å². The lowest BCUT2D eigenvalue weighted by Crippen LogP contribution is -2.45. The van der Waals surface area contributed by atoms with Crippen LogP contribution in [0.15, 0.2) is 0 Å². The third kappa shape index (κ3) is 3.11. The standard InChI is InChI=1S/C15H26N2O2/c16-14-12-5-4-11(8-12)13(14)15(18)17-6-1-7-19-9-10-2-3-10/h10-14H,1-9,16H2,(H,17,18). The molecule has 3 aliphatic rings. The number of ether oxygens (including phenoxy) is 1. The molecule has 3 rings (SSSR count). The van der Waals surface area contributed by atoms with E-state index in [1.165, 1.54) is 32.1 Å². The van der Waals surface area contributed by atoms with Crippen LogP contribution in [0.1, 0.15) is 38.5 Å². The van der Waals surface area contributed by atoms with Crippen molar-refractivity contribution in [2.75, 3.05) is 19.8 Å². The van der Waals surface area contributed by atoms with Crippen LogP contribution in [0, 0.1) is 23.7 Å². The molecule has 3 fully saturated rings. The normalized spacial score (nSPS) is 36.7. The summed E-state index contributed by atoms with van der Waals surface area (Å²) in [5.74, 6) is 2.23. The molecule has 3 saturated carbocycles. The lowest BCUT2D eigenvalue weighted by molar-refractivity contribution is -0.127. The second kappa shape index (κ2) is 5.80. The third-order valence-electron chi connectivity index (χ3n) is 5.10. The molecule has 3 N–H and O–H groups in total. The van der Waals surface area contributed by atoms with Crippen LogP contribution in [0.25, 0.3) is 0 Å². The van der Waals surface area contributed by atoms with Gasteiger partial charge in [-0.2, -0.15) is 0 Å². The van der Waals surface area contributed by atoms with Gasteiger partial charge in [-0.25, -0.2) is 0 Å². The highest BCUT2D eigenvalue weighted by Gasteiger charge is 2.48. The first-order valence-corrected chi connectivity index (χ1v) is 7.86. The van der Waals surface area contributed by atoms with E-state index in [1.54, 1.807) is 0 Å². The molecule has 0 aromatic rings. The van der Waals surface area contributed by atoms with E-state index in [1.807, 2.05) is 0 Å². The van der Waals surface area contributed by atoms with Gasteiger partial charge in [-0.15, -0.1) is 0 Å². The summed E-state index contributed by atoms with van der Waals surface area (Å²) in [6.07, 6.45) is 7.17. The van der Waals surface area contributed by atoms with Gasteiger partial charge in [0, 0.05) is 25.8 Å². The number of rotatable bonds is 7. The molecule has 2 bridgehead atoms. The molecule has 108 valence electrons. The molecule has 4 heteroatoms. The maximum atomic E-state index is 12.2. The van der Waals surface area contributed by atoms with E-state index in [9.17, 15) is 4.79 Å². The van der Waals surface area contributed by atoms with E-state index in [-0.39, 0.29) is 17.9 Å². The highest BCUT2D eigenvalue weighted by molar-refractivity contribution is 5.80. The Morgan fingerprint density at radius 2 is 2.00 bits per heavy atom. The summed E-state index contributed by atoms with van der Waals surface area (Å²) >= 11 is 0. The SMILES string of the molecule is NC1C2CCC(C2)C1C(=O)NCCCOCC1CC1. The second-order valence-corrected chi connectivity index (χ2v) is 6.60. The van der Waals surface area contributed by atoms with E-state index in [2.05, 4.69) is 5.32 Å². The minimum Gasteiger partial charge on any atom is -0.381 e. The molecule has 3 aliphatic carbocycles. The van der Waals surface area contributed by atoms with E-state index in [0.29, 0.717) is 11.8 Å². The van der Waals surface area contributed by atoms with Gasteiger partial charge in [0.2, 0.25) is 5.91 Å². The number of fused-ring (bicyclic) bond motifs is 2. The van der Waals surface area contributed by atoms with Crippen molar-refractivity contribution < 1.29 is 9.53 Å².